The van der Waals surface area contributed by atoms with E-state index in [1.807, 2.05) is 0 Å². The highest BCUT2D eigenvalue weighted by Gasteiger charge is 2.46. The van der Waals surface area contributed by atoms with Crippen molar-refractivity contribution in [3.05, 3.63) is 35.9 Å². The number of hydrogen-bond donors (Lipinski definition) is 1. The van der Waals surface area contributed by atoms with Crippen molar-refractivity contribution in [2.75, 3.05) is 33.3 Å². The summed E-state index contributed by atoms with van der Waals surface area (Å²) in [4.78, 5) is 2.45. The molecule has 1 N–H and O–H groups in total. The molecule has 1 aromatic carbocycles. The minimum atomic E-state index is 0.159. The second kappa shape index (κ2) is 7.12. The minimum Gasteiger partial charge on any atom is -0.376 e. The molecule has 2 aliphatic rings. The van der Waals surface area contributed by atoms with Crippen molar-refractivity contribution < 1.29 is 4.74 Å². The van der Waals surface area contributed by atoms with Gasteiger partial charge in [-0.25, -0.2) is 0 Å². The van der Waals surface area contributed by atoms with Crippen molar-refractivity contribution >= 4 is 0 Å². The molecule has 0 spiro atoms. The van der Waals surface area contributed by atoms with Crippen LogP contribution in [0.2, 0.25) is 0 Å². The van der Waals surface area contributed by atoms with E-state index in [4.69, 9.17) is 4.74 Å². The number of ether oxygens (including phenoxy) is 1. The third-order valence-corrected chi connectivity index (χ3v) is 5.58. The molecule has 0 radical (unpaired) electrons. The summed E-state index contributed by atoms with van der Waals surface area (Å²) in [5, 5.41) is 3.71. The van der Waals surface area contributed by atoms with Gasteiger partial charge in [-0.05, 0) is 64.9 Å². The monoisotopic (exact) mass is 302 g/mol. The van der Waals surface area contributed by atoms with Gasteiger partial charge in [0.25, 0.3) is 0 Å². The van der Waals surface area contributed by atoms with Gasteiger partial charge in [-0.15, -0.1) is 0 Å². The fourth-order valence-electron chi connectivity index (χ4n) is 4.34. The van der Waals surface area contributed by atoms with E-state index in [2.05, 4.69) is 54.5 Å². The van der Waals surface area contributed by atoms with E-state index in [1.54, 1.807) is 0 Å². The Morgan fingerprint density at radius 2 is 2.00 bits per heavy atom. The van der Waals surface area contributed by atoms with Crippen LogP contribution >= 0.6 is 0 Å². The first-order valence-corrected chi connectivity index (χ1v) is 8.85. The molecule has 3 nitrogen and oxygen atoms in total. The van der Waals surface area contributed by atoms with Crippen molar-refractivity contribution in [2.45, 2.75) is 50.2 Å². The van der Waals surface area contributed by atoms with Gasteiger partial charge >= 0.3 is 0 Å². The lowest BCUT2D eigenvalue weighted by Gasteiger charge is -2.48. The Balaban J connectivity index is 1.95. The molecule has 3 heteroatoms. The van der Waals surface area contributed by atoms with E-state index >= 15 is 0 Å². The second-order valence-electron chi connectivity index (χ2n) is 6.90. The predicted octanol–water partition coefficient (Wildman–Crippen LogP) is 2.81. The summed E-state index contributed by atoms with van der Waals surface area (Å²) >= 11 is 0. The zero-order chi connectivity index (χ0) is 15.4. The zero-order valence-corrected chi connectivity index (χ0v) is 14.1. The molecule has 2 atom stereocenters. The fraction of sp³-hybridized carbons (Fsp3) is 0.684. The molecule has 2 fully saturated rings. The first-order chi connectivity index (χ1) is 10.8. The zero-order valence-electron chi connectivity index (χ0n) is 14.1. The van der Waals surface area contributed by atoms with E-state index in [0.717, 1.165) is 26.2 Å². The SMILES string of the molecule is CCOC(C1CCCN1)C1(c2ccccc2)CCN(C)CC1. The highest BCUT2D eigenvalue weighted by atomic mass is 16.5. The first-order valence-electron chi connectivity index (χ1n) is 8.85. The van der Waals surface area contributed by atoms with Gasteiger partial charge in [0, 0.05) is 18.1 Å². The Kier molecular flexibility index (Phi) is 5.17. The molecular formula is C19H30N2O. The molecule has 1 aromatic rings. The van der Waals surface area contributed by atoms with Gasteiger partial charge in [0.2, 0.25) is 0 Å². The molecule has 3 rings (SSSR count). The van der Waals surface area contributed by atoms with Crippen LogP contribution in [0.4, 0.5) is 0 Å². The molecule has 2 saturated heterocycles. The third-order valence-electron chi connectivity index (χ3n) is 5.58. The lowest BCUT2D eigenvalue weighted by Crippen LogP contribution is -2.56. The van der Waals surface area contributed by atoms with Crippen molar-refractivity contribution in [1.82, 2.24) is 10.2 Å². The maximum Gasteiger partial charge on any atom is 0.0825 e. The summed E-state index contributed by atoms with van der Waals surface area (Å²) in [5.41, 5.74) is 1.63. The maximum atomic E-state index is 6.38. The van der Waals surface area contributed by atoms with Crippen LogP contribution in [-0.4, -0.2) is 50.3 Å². The number of benzene rings is 1. The second-order valence-corrected chi connectivity index (χ2v) is 6.90. The van der Waals surface area contributed by atoms with Crippen LogP contribution in [0.3, 0.4) is 0 Å². The highest BCUT2D eigenvalue weighted by molar-refractivity contribution is 5.29. The summed E-state index contributed by atoms with van der Waals surface area (Å²) in [6.07, 6.45) is 5.19. The lowest BCUT2D eigenvalue weighted by molar-refractivity contribution is -0.0404. The largest absolute Gasteiger partial charge is 0.376 e. The molecule has 0 bridgehead atoms. The van der Waals surface area contributed by atoms with Crippen LogP contribution in [0.15, 0.2) is 30.3 Å². The number of likely N-dealkylation sites (tertiary alicyclic amines) is 1. The van der Waals surface area contributed by atoms with Crippen molar-refractivity contribution in [3.8, 4) is 0 Å². The molecule has 2 unspecified atom stereocenters. The molecule has 0 amide bonds. The van der Waals surface area contributed by atoms with E-state index in [0.29, 0.717) is 6.04 Å². The van der Waals surface area contributed by atoms with Crippen LogP contribution in [-0.2, 0) is 10.2 Å². The Morgan fingerprint density at radius 3 is 2.59 bits per heavy atom. The van der Waals surface area contributed by atoms with Gasteiger partial charge in [0.15, 0.2) is 0 Å². The Hall–Kier alpha value is -0.900. The average Bonchev–Trinajstić information content (AvgIpc) is 3.09. The summed E-state index contributed by atoms with van der Waals surface area (Å²) < 4.78 is 6.38. The number of piperidine rings is 1. The van der Waals surface area contributed by atoms with E-state index in [1.165, 1.54) is 31.2 Å². The maximum absolute atomic E-state index is 6.38. The fourth-order valence-corrected chi connectivity index (χ4v) is 4.34. The highest BCUT2D eigenvalue weighted by Crippen LogP contribution is 2.42. The molecule has 0 aliphatic carbocycles. The Labute approximate surface area is 135 Å². The average molecular weight is 302 g/mol. The number of hydrogen-bond acceptors (Lipinski definition) is 3. The standard InChI is InChI=1S/C19H30N2O/c1-3-22-18(17-10-7-13-20-17)19(11-14-21(2)15-12-19)16-8-5-4-6-9-16/h4-6,8-9,17-18,20H,3,7,10-15H2,1-2H3. The van der Waals surface area contributed by atoms with Gasteiger partial charge in [0.05, 0.1) is 6.10 Å². The van der Waals surface area contributed by atoms with Crippen molar-refractivity contribution in [2.24, 2.45) is 0 Å². The Bertz CT molecular complexity index is 448. The summed E-state index contributed by atoms with van der Waals surface area (Å²) in [6.45, 7) is 6.39. The normalized spacial score (nSPS) is 26.9. The third kappa shape index (κ3) is 3.08. The molecule has 122 valence electrons. The number of nitrogens with zero attached hydrogens (tertiary/aromatic N) is 1. The number of rotatable bonds is 5. The van der Waals surface area contributed by atoms with Crippen LogP contribution < -0.4 is 5.32 Å². The van der Waals surface area contributed by atoms with Gasteiger partial charge in [-0.1, -0.05) is 30.3 Å². The molecule has 0 aromatic heterocycles. The number of nitrogens with one attached hydrogen (secondary N) is 1. The van der Waals surface area contributed by atoms with Gasteiger partial charge in [-0.3, -0.25) is 0 Å². The smallest absolute Gasteiger partial charge is 0.0825 e. The van der Waals surface area contributed by atoms with Gasteiger partial charge in [0.1, 0.15) is 0 Å². The topological polar surface area (TPSA) is 24.5 Å². The van der Waals surface area contributed by atoms with Crippen LogP contribution in [0.1, 0.15) is 38.2 Å². The first kappa shape index (κ1) is 16.0. The molecule has 2 heterocycles. The minimum absolute atomic E-state index is 0.159. The summed E-state index contributed by atoms with van der Waals surface area (Å²) in [5.74, 6) is 0. The van der Waals surface area contributed by atoms with E-state index in [-0.39, 0.29) is 11.5 Å². The lowest BCUT2D eigenvalue weighted by atomic mass is 9.66. The summed E-state index contributed by atoms with van der Waals surface area (Å²) in [6, 6.07) is 11.6. The van der Waals surface area contributed by atoms with E-state index in [9.17, 15) is 0 Å². The van der Waals surface area contributed by atoms with Crippen LogP contribution in [0.25, 0.3) is 0 Å². The molecule has 2 aliphatic heterocycles. The quantitative estimate of drug-likeness (QED) is 0.905. The Morgan fingerprint density at radius 1 is 1.27 bits per heavy atom. The predicted molar refractivity (Wildman–Crippen MR) is 91.3 cm³/mol. The van der Waals surface area contributed by atoms with Crippen molar-refractivity contribution in [1.29, 1.82) is 0 Å². The molecular weight excluding hydrogens is 272 g/mol. The molecule has 0 saturated carbocycles. The van der Waals surface area contributed by atoms with Crippen LogP contribution in [0.5, 0.6) is 0 Å². The van der Waals surface area contributed by atoms with Gasteiger partial charge < -0.3 is 15.0 Å². The molecule has 22 heavy (non-hydrogen) atoms. The van der Waals surface area contributed by atoms with E-state index < -0.39 is 0 Å². The van der Waals surface area contributed by atoms with Crippen LogP contribution in [0, 0.1) is 0 Å². The summed E-state index contributed by atoms with van der Waals surface area (Å²) in [7, 11) is 2.23. The van der Waals surface area contributed by atoms with Crippen molar-refractivity contribution in [3.63, 3.8) is 0 Å². The van der Waals surface area contributed by atoms with Gasteiger partial charge in [-0.2, -0.15) is 0 Å².